The van der Waals surface area contributed by atoms with E-state index in [0.717, 1.165) is 42.2 Å². The fourth-order valence-electron chi connectivity index (χ4n) is 3.54. The van der Waals surface area contributed by atoms with Crippen molar-refractivity contribution in [1.82, 2.24) is 9.88 Å². The summed E-state index contributed by atoms with van der Waals surface area (Å²) < 4.78 is 11.5. The Morgan fingerprint density at radius 3 is 2.96 bits per heavy atom. The van der Waals surface area contributed by atoms with Crippen LogP contribution in [0.15, 0.2) is 34.9 Å². The van der Waals surface area contributed by atoms with E-state index >= 15 is 0 Å². The van der Waals surface area contributed by atoms with E-state index in [-0.39, 0.29) is 16.8 Å². The topological polar surface area (TPSA) is 55.6 Å². The van der Waals surface area contributed by atoms with Gasteiger partial charge in [0.2, 0.25) is 0 Å². The Balaban J connectivity index is 1.29. The Hall–Kier alpha value is -1.79. The van der Waals surface area contributed by atoms with Gasteiger partial charge in [-0.15, -0.1) is 11.8 Å². The summed E-state index contributed by atoms with van der Waals surface area (Å²) in [7, 11) is 0. The Morgan fingerprint density at radius 2 is 2.24 bits per heavy atom. The van der Waals surface area contributed by atoms with Crippen LogP contribution in [0.5, 0.6) is 0 Å². The van der Waals surface area contributed by atoms with Crippen molar-refractivity contribution in [2.24, 2.45) is 0 Å². The fraction of sp³-hybridized carbons (Fsp3) is 0.474. The average Bonchev–Trinajstić information content (AvgIpc) is 3.17. The van der Waals surface area contributed by atoms with E-state index < -0.39 is 0 Å². The van der Waals surface area contributed by atoms with Gasteiger partial charge in [-0.3, -0.25) is 9.78 Å². The van der Waals surface area contributed by atoms with Crippen LogP contribution in [0, 0.1) is 13.8 Å². The normalized spacial score (nSPS) is 21.5. The molecule has 4 rings (SSSR count). The van der Waals surface area contributed by atoms with Crippen LogP contribution in [-0.2, 0) is 11.3 Å². The van der Waals surface area contributed by atoms with Crippen LogP contribution in [0.4, 0.5) is 0 Å². The first-order chi connectivity index (χ1) is 12.0. The molecule has 6 heteroatoms. The molecule has 1 spiro atoms. The molecule has 4 heterocycles. The molecule has 2 saturated heterocycles. The summed E-state index contributed by atoms with van der Waals surface area (Å²) in [5, 5.41) is 0. The number of ether oxygens (including phenoxy) is 1. The molecule has 2 fully saturated rings. The molecular weight excluding hydrogens is 336 g/mol. The summed E-state index contributed by atoms with van der Waals surface area (Å²) in [5.41, 5.74) is 2.89. The molecule has 0 bridgehead atoms. The summed E-state index contributed by atoms with van der Waals surface area (Å²) in [6.45, 7) is 6.00. The monoisotopic (exact) mass is 358 g/mol. The number of carbonyl (C=O) groups is 1. The van der Waals surface area contributed by atoms with Crippen molar-refractivity contribution < 1.29 is 13.9 Å². The van der Waals surface area contributed by atoms with E-state index in [1.807, 2.05) is 54.8 Å². The number of pyridine rings is 1. The van der Waals surface area contributed by atoms with Crippen LogP contribution in [0.1, 0.15) is 33.9 Å². The molecule has 0 unspecified atom stereocenters. The summed E-state index contributed by atoms with van der Waals surface area (Å²) in [6, 6.07) is 7.83. The highest BCUT2D eigenvalue weighted by molar-refractivity contribution is 8.01. The second-order valence-electron chi connectivity index (χ2n) is 7.00. The Bertz CT molecular complexity index is 782. The molecule has 1 amide bonds. The van der Waals surface area contributed by atoms with Crippen LogP contribution < -0.4 is 0 Å². The van der Waals surface area contributed by atoms with E-state index in [9.17, 15) is 4.79 Å². The van der Waals surface area contributed by atoms with Gasteiger partial charge in [0.25, 0.3) is 5.91 Å². The quantitative estimate of drug-likeness (QED) is 0.840. The van der Waals surface area contributed by atoms with E-state index in [0.29, 0.717) is 12.4 Å². The maximum atomic E-state index is 12.5. The second kappa shape index (κ2) is 6.50. The minimum atomic E-state index is 0.00190. The lowest BCUT2D eigenvalue weighted by Gasteiger charge is -2.47. The molecule has 132 valence electrons. The van der Waals surface area contributed by atoms with Crippen molar-refractivity contribution >= 4 is 17.7 Å². The average molecular weight is 358 g/mol. The summed E-state index contributed by atoms with van der Waals surface area (Å²) in [6.07, 6.45) is 2.80. The third kappa shape index (κ3) is 3.33. The largest absolute Gasteiger partial charge is 0.459 e. The first kappa shape index (κ1) is 16.7. The van der Waals surface area contributed by atoms with Gasteiger partial charge in [-0.2, -0.15) is 0 Å². The van der Waals surface area contributed by atoms with Gasteiger partial charge in [0.15, 0.2) is 5.76 Å². The first-order valence-electron chi connectivity index (χ1n) is 8.56. The molecule has 0 saturated carbocycles. The standard InChI is InChI=1S/C19H22N2O3S/c1-13-6-7-23-17(13)18(22)21-11-19(12-21)8-16(10-25-19)24-9-15-5-3-4-14(2)20-15/h3-7,16H,8-12H2,1-2H3/t16-/m0/s1. The molecule has 0 N–H and O–H groups in total. The highest BCUT2D eigenvalue weighted by Crippen LogP contribution is 2.46. The Morgan fingerprint density at radius 1 is 1.40 bits per heavy atom. The number of carbonyl (C=O) groups excluding carboxylic acids is 1. The smallest absolute Gasteiger partial charge is 0.289 e. The highest BCUT2D eigenvalue weighted by atomic mass is 32.2. The lowest BCUT2D eigenvalue weighted by Crippen LogP contribution is -2.60. The lowest BCUT2D eigenvalue weighted by molar-refractivity contribution is 0.0233. The Labute approximate surface area is 151 Å². The van der Waals surface area contributed by atoms with E-state index in [1.54, 1.807) is 6.26 Å². The number of rotatable bonds is 4. The summed E-state index contributed by atoms with van der Waals surface area (Å²) >= 11 is 1.93. The van der Waals surface area contributed by atoms with Crippen LogP contribution in [-0.4, -0.2) is 45.5 Å². The number of amides is 1. The number of hydrogen-bond acceptors (Lipinski definition) is 5. The van der Waals surface area contributed by atoms with Gasteiger partial charge in [0.1, 0.15) is 0 Å². The molecule has 25 heavy (non-hydrogen) atoms. The second-order valence-corrected chi connectivity index (χ2v) is 8.48. The SMILES string of the molecule is Cc1cccc(CO[C@@H]2CSC3(C2)CN(C(=O)c2occc2C)C3)n1. The third-order valence-corrected chi connectivity index (χ3v) is 6.47. The van der Waals surface area contributed by atoms with Gasteiger partial charge in [0, 0.05) is 30.1 Å². The van der Waals surface area contributed by atoms with Crippen LogP contribution >= 0.6 is 11.8 Å². The minimum absolute atomic E-state index is 0.00190. The van der Waals surface area contributed by atoms with Crippen LogP contribution in [0.3, 0.4) is 0 Å². The highest BCUT2D eigenvalue weighted by Gasteiger charge is 2.51. The molecule has 2 aromatic rings. The van der Waals surface area contributed by atoms with Crippen LogP contribution in [0.2, 0.25) is 0 Å². The van der Waals surface area contributed by atoms with Crippen molar-refractivity contribution in [3.05, 3.63) is 53.2 Å². The maximum Gasteiger partial charge on any atom is 0.289 e. The first-order valence-corrected chi connectivity index (χ1v) is 9.55. The van der Waals surface area contributed by atoms with Crippen molar-refractivity contribution in [2.75, 3.05) is 18.8 Å². The van der Waals surface area contributed by atoms with E-state index in [2.05, 4.69) is 4.98 Å². The number of thioether (sulfide) groups is 1. The number of aromatic nitrogens is 1. The van der Waals surface area contributed by atoms with Gasteiger partial charge in [-0.05, 0) is 38.5 Å². The molecule has 0 aromatic carbocycles. The molecule has 0 aliphatic carbocycles. The van der Waals surface area contributed by atoms with Gasteiger partial charge in [0.05, 0.1) is 29.4 Å². The number of likely N-dealkylation sites (tertiary alicyclic amines) is 1. The molecule has 1 atom stereocenters. The fourth-order valence-corrected chi connectivity index (χ4v) is 5.09. The molecular formula is C19H22N2O3S. The van der Waals surface area contributed by atoms with Gasteiger partial charge in [-0.1, -0.05) is 6.07 Å². The molecule has 2 aromatic heterocycles. The summed E-state index contributed by atoms with van der Waals surface area (Å²) in [4.78, 5) is 18.8. The number of aryl methyl sites for hydroxylation is 2. The van der Waals surface area contributed by atoms with Gasteiger partial charge >= 0.3 is 0 Å². The lowest BCUT2D eigenvalue weighted by atomic mass is 9.92. The molecule has 2 aliphatic rings. The minimum Gasteiger partial charge on any atom is -0.459 e. The van der Waals surface area contributed by atoms with Crippen molar-refractivity contribution in [3.8, 4) is 0 Å². The zero-order valence-electron chi connectivity index (χ0n) is 14.5. The van der Waals surface area contributed by atoms with Crippen LogP contribution in [0.25, 0.3) is 0 Å². The van der Waals surface area contributed by atoms with E-state index in [4.69, 9.17) is 9.15 Å². The van der Waals surface area contributed by atoms with Gasteiger partial charge < -0.3 is 14.1 Å². The molecule has 5 nitrogen and oxygen atoms in total. The predicted octanol–water partition coefficient (Wildman–Crippen LogP) is 3.21. The van der Waals surface area contributed by atoms with Gasteiger partial charge in [-0.25, -0.2) is 0 Å². The van der Waals surface area contributed by atoms with Crippen molar-refractivity contribution in [2.45, 2.75) is 37.7 Å². The summed E-state index contributed by atoms with van der Waals surface area (Å²) in [5.74, 6) is 1.45. The number of furan rings is 1. The maximum absolute atomic E-state index is 12.5. The number of hydrogen-bond donors (Lipinski definition) is 0. The van der Waals surface area contributed by atoms with E-state index in [1.165, 1.54) is 0 Å². The third-order valence-electron chi connectivity index (χ3n) is 4.89. The molecule has 0 radical (unpaired) electrons. The Kier molecular flexibility index (Phi) is 4.33. The molecule has 2 aliphatic heterocycles. The number of nitrogens with zero attached hydrogens (tertiary/aromatic N) is 2. The van der Waals surface area contributed by atoms with Crippen molar-refractivity contribution in [3.63, 3.8) is 0 Å². The zero-order chi connectivity index (χ0) is 17.4. The van der Waals surface area contributed by atoms with Crippen molar-refractivity contribution in [1.29, 1.82) is 0 Å². The zero-order valence-corrected chi connectivity index (χ0v) is 15.3. The predicted molar refractivity (Wildman–Crippen MR) is 96.7 cm³/mol.